The van der Waals surface area contributed by atoms with Gasteiger partial charge in [-0.3, -0.25) is 4.79 Å². The van der Waals surface area contributed by atoms with Gasteiger partial charge in [0.25, 0.3) is 5.91 Å². The number of carbonyl (C=O) groups excluding carboxylic acids is 1. The van der Waals surface area contributed by atoms with Crippen LogP contribution >= 0.6 is 27.5 Å². The van der Waals surface area contributed by atoms with Gasteiger partial charge in [-0.1, -0.05) is 22.0 Å². The molecule has 0 N–H and O–H groups in total. The number of carbonyl (C=O) groups is 1. The number of amides is 1. The Morgan fingerprint density at radius 3 is 2.72 bits per heavy atom. The van der Waals surface area contributed by atoms with Crippen LogP contribution in [0.15, 0.2) is 22.7 Å². The molecule has 1 amide bonds. The van der Waals surface area contributed by atoms with Crippen molar-refractivity contribution < 1.29 is 4.79 Å². The zero-order valence-corrected chi connectivity index (χ0v) is 13.0. The molecule has 1 aromatic rings. The lowest BCUT2D eigenvalue weighted by molar-refractivity contribution is 0.0747. The molecule has 0 aliphatic heterocycles. The Morgan fingerprint density at radius 1 is 1.50 bits per heavy atom. The minimum Gasteiger partial charge on any atom is -0.341 e. The Bertz CT molecular complexity index is 457. The van der Waals surface area contributed by atoms with Crippen LogP contribution in [0.2, 0.25) is 0 Å². The average molecular weight is 331 g/mol. The molecule has 2 nitrogen and oxygen atoms in total. The highest BCUT2D eigenvalue weighted by Gasteiger charge is 2.29. The topological polar surface area (TPSA) is 20.3 Å². The normalized spacial score (nSPS) is 22.4. The predicted octanol–water partition coefficient (Wildman–Crippen LogP) is 3.85. The fraction of sp³-hybridized carbons (Fsp3) is 0.500. The average Bonchev–Trinajstić information content (AvgIpc) is 2.29. The van der Waals surface area contributed by atoms with E-state index in [1.54, 1.807) is 4.90 Å². The highest BCUT2D eigenvalue weighted by atomic mass is 79.9. The minimum atomic E-state index is 0.0775. The molecule has 0 saturated heterocycles. The number of nitrogens with zero attached hydrogens (tertiary/aromatic N) is 1. The Hall–Kier alpha value is -0.540. The number of hydrogen-bond donors (Lipinski definition) is 0. The quantitative estimate of drug-likeness (QED) is 0.771. The smallest absolute Gasteiger partial charge is 0.253 e. The molecule has 1 aromatic carbocycles. The standard InChI is InChI=1S/C14H17BrClNO/c1-9-3-4-11(7-13(9)15)14(18)17(2)8-10-5-12(16)6-10/h3-4,7,10,12H,5-6,8H2,1-2H3. The third kappa shape index (κ3) is 3.07. The van der Waals surface area contributed by atoms with Crippen molar-refractivity contribution in [3.8, 4) is 0 Å². The summed E-state index contributed by atoms with van der Waals surface area (Å²) in [5.41, 5.74) is 1.87. The Morgan fingerprint density at radius 2 is 2.17 bits per heavy atom. The van der Waals surface area contributed by atoms with Gasteiger partial charge in [0.05, 0.1) is 0 Å². The van der Waals surface area contributed by atoms with Crippen LogP contribution < -0.4 is 0 Å². The van der Waals surface area contributed by atoms with Crippen LogP contribution in [0, 0.1) is 12.8 Å². The first-order valence-corrected chi connectivity index (χ1v) is 7.36. The van der Waals surface area contributed by atoms with Gasteiger partial charge in [-0.15, -0.1) is 11.6 Å². The SMILES string of the molecule is Cc1ccc(C(=O)N(C)CC2CC(Cl)C2)cc1Br. The van der Waals surface area contributed by atoms with E-state index in [-0.39, 0.29) is 5.91 Å². The summed E-state index contributed by atoms with van der Waals surface area (Å²) in [4.78, 5) is 14.0. The van der Waals surface area contributed by atoms with Crippen LogP contribution in [0.25, 0.3) is 0 Å². The summed E-state index contributed by atoms with van der Waals surface area (Å²) in [6, 6.07) is 5.73. The molecule has 4 heteroatoms. The number of rotatable bonds is 3. The summed E-state index contributed by atoms with van der Waals surface area (Å²) >= 11 is 9.41. The highest BCUT2D eigenvalue weighted by Crippen LogP contribution is 2.32. The third-order valence-corrected chi connectivity index (χ3v) is 4.69. The van der Waals surface area contributed by atoms with Gasteiger partial charge in [0, 0.05) is 29.0 Å². The first-order valence-electron chi connectivity index (χ1n) is 6.13. The molecule has 0 aromatic heterocycles. The minimum absolute atomic E-state index is 0.0775. The van der Waals surface area contributed by atoms with E-state index < -0.39 is 0 Å². The summed E-state index contributed by atoms with van der Waals surface area (Å²) in [5, 5.41) is 0.312. The molecule has 98 valence electrons. The summed E-state index contributed by atoms with van der Waals surface area (Å²) in [6.45, 7) is 2.81. The zero-order chi connectivity index (χ0) is 13.3. The molecule has 18 heavy (non-hydrogen) atoms. The summed E-state index contributed by atoms with van der Waals surface area (Å²) in [7, 11) is 1.86. The molecular weight excluding hydrogens is 314 g/mol. The van der Waals surface area contributed by atoms with Gasteiger partial charge in [-0.2, -0.15) is 0 Å². The van der Waals surface area contributed by atoms with Crippen molar-refractivity contribution in [3.05, 3.63) is 33.8 Å². The molecule has 0 spiro atoms. The van der Waals surface area contributed by atoms with Crippen molar-refractivity contribution in [2.45, 2.75) is 25.1 Å². The number of benzene rings is 1. The summed E-state index contributed by atoms with van der Waals surface area (Å²) < 4.78 is 0.978. The Labute approximate surface area is 121 Å². The van der Waals surface area contributed by atoms with Gasteiger partial charge >= 0.3 is 0 Å². The first kappa shape index (κ1) is 13.9. The predicted molar refractivity (Wildman–Crippen MR) is 78.2 cm³/mol. The van der Waals surface area contributed by atoms with Crippen LogP contribution in [0.5, 0.6) is 0 Å². The van der Waals surface area contributed by atoms with E-state index in [1.807, 2.05) is 32.2 Å². The van der Waals surface area contributed by atoms with Gasteiger partial charge < -0.3 is 4.90 Å². The second-order valence-corrected chi connectivity index (χ2v) is 6.56. The van der Waals surface area contributed by atoms with Gasteiger partial charge in [0.1, 0.15) is 0 Å². The molecular formula is C14H17BrClNO. The maximum atomic E-state index is 12.2. The van der Waals surface area contributed by atoms with E-state index in [0.29, 0.717) is 11.3 Å². The largest absolute Gasteiger partial charge is 0.341 e. The van der Waals surface area contributed by atoms with Crippen molar-refractivity contribution in [2.75, 3.05) is 13.6 Å². The molecule has 1 fully saturated rings. The van der Waals surface area contributed by atoms with Crippen molar-refractivity contribution in [1.82, 2.24) is 4.90 Å². The van der Waals surface area contributed by atoms with Gasteiger partial charge in [0.15, 0.2) is 0 Å². The van der Waals surface area contributed by atoms with E-state index in [0.717, 1.165) is 35.0 Å². The molecule has 2 rings (SSSR count). The second-order valence-electron chi connectivity index (χ2n) is 5.08. The van der Waals surface area contributed by atoms with Crippen molar-refractivity contribution in [3.63, 3.8) is 0 Å². The lowest BCUT2D eigenvalue weighted by Gasteiger charge is -2.34. The lowest BCUT2D eigenvalue weighted by atomic mass is 9.84. The van der Waals surface area contributed by atoms with Gasteiger partial charge in [-0.05, 0) is 43.4 Å². The summed E-state index contributed by atoms with van der Waals surface area (Å²) in [6.07, 6.45) is 2.05. The Kier molecular flexibility index (Phi) is 4.33. The fourth-order valence-electron chi connectivity index (χ4n) is 2.22. The van der Waals surface area contributed by atoms with Crippen molar-refractivity contribution in [1.29, 1.82) is 0 Å². The van der Waals surface area contributed by atoms with Gasteiger partial charge in [0.2, 0.25) is 0 Å². The molecule has 0 unspecified atom stereocenters. The Balaban J connectivity index is 1.99. The molecule has 0 bridgehead atoms. The maximum Gasteiger partial charge on any atom is 0.253 e. The monoisotopic (exact) mass is 329 g/mol. The molecule has 1 aliphatic carbocycles. The molecule has 0 atom stereocenters. The number of alkyl halides is 1. The van der Waals surface area contributed by atoms with E-state index in [1.165, 1.54) is 0 Å². The molecule has 1 saturated carbocycles. The summed E-state index contributed by atoms with van der Waals surface area (Å²) in [5.74, 6) is 0.643. The van der Waals surface area contributed by atoms with E-state index in [9.17, 15) is 4.79 Å². The maximum absolute atomic E-state index is 12.2. The van der Waals surface area contributed by atoms with E-state index in [2.05, 4.69) is 15.9 Å². The van der Waals surface area contributed by atoms with Crippen LogP contribution in [-0.4, -0.2) is 29.8 Å². The first-order chi connectivity index (χ1) is 8.47. The van der Waals surface area contributed by atoms with Gasteiger partial charge in [-0.25, -0.2) is 0 Å². The molecule has 1 aliphatic rings. The second kappa shape index (κ2) is 5.62. The van der Waals surface area contributed by atoms with Crippen LogP contribution in [0.3, 0.4) is 0 Å². The fourth-order valence-corrected chi connectivity index (χ4v) is 3.10. The molecule has 0 radical (unpaired) electrons. The van der Waals surface area contributed by atoms with Crippen LogP contribution in [-0.2, 0) is 0 Å². The van der Waals surface area contributed by atoms with E-state index in [4.69, 9.17) is 11.6 Å². The van der Waals surface area contributed by atoms with Crippen LogP contribution in [0.1, 0.15) is 28.8 Å². The van der Waals surface area contributed by atoms with Crippen LogP contribution in [0.4, 0.5) is 0 Å². The van der Waals surface area contributed by atoms with E-state index >= 15 is 0 Å². The lowest BCUT2D eigenvalue weighted by Crippen LogP contribution is -2.37. The number of aryl methyl sites for hydroxylation is 1. The third-order valence-electron chi connectivity index (χ3n) is 3.48. The van der Waals surface area contributed by atoms with Crippen molar-refractivity contribution in [2.24, 2.45) is 5.92 Å². The zero-order valence-electron chi connectivity index (χ0n) is 10.6. The van der Waals surface area contributed by atoms with Crippen molar-refractivity contribution >= 4 is 33.4 Å². The number of halogens is 2. The number of hydrogen-bond acceptors (Lipinski definition) is 1. The molecule has 0 heterocycles. The highest BCUT2D eigenvalue weighted by molar-refractivity contribution is 9.10.